The molecule has 4 N–H and O–H groups in total. The zero-order valence-electron chi connectivity index (χ0n) is 15.7. The van der Waals surface area contributed by atoms with Gasteiger partial charge in [0.2, 0.25) is 0 Å². The lowest BCUT2D eigenvalue weighted by molar-refractivity contribution is -0.139. The molecule has 1 atom stereocenters. The molecule has 1 unspecified atom stereocenters. The predicted octanol–water partition coefficient (Wildman–Crippen LogP) is 2.86. The maximum atomic E-state index is 13.4. The van der Waals surface area contributed by atoms with Gasteiger partial charge >= 0.3 is 6.18 Å². The van der Waals surface area contributed by atoms with E-state index in [2.05, 4.69) is 10.5 Å². The Labute approximate surface area is 167 Å². The van der Waals surface area contributed by atoms with Crippen molar-refractivity contribution < 1.29 is 27.8 Å². The van der Waals surface area contributed by atoms with Crippen LogP contribution < -0.4 is 15.9 Å². The Hall–Kier alpha value is -1.75. The number of halogens is 3. The first kappa shape index (κ1) is 24.3. The van der Waals surface area contributed by atoms with E-state index in [1.54, 1.807) is 0 Å². The standard InChI is InChI=1S/C18H26F3N3O3S/c1-2-7-26-8-3-4-9-27-16-6-5-13(10-15(16)18(19,20)21)17(28)24-23-11-14(22)12-25/h5-6,10-11,14,25H,2-4,7-9,12,22H2,1H3,(H,24,28)/b23-11+. The van der Waals surface area contributed by atoms with Gasteiger partial charge in [-0.1, -0.05) is 19.1 Å². The summed E-state index contributed by atoms with van der Waals surface area (Å²) in [6.45, 7) is 3.08. The Morgan fingerprint density at radius 2 is 2.04 bits per heavy atom. The molecular formula is C18H26F3N3O3S. The Bertz CT molecular complexity index is 642. The fourth-order valence-corrected chi connectivity index (χ4v) is 2.24. The third kappa shape index (κ3) is 8.96. The summed E-state index contributed by atoms with van der Waals surface area (Å²) in [4.78, 5) is -0.00786. The summed E-state index contributed by atoms with van der Waals surface area (Å²) in [5.41, 5.74) is 7.09. The molecule has 0 aliphatic carbocycles. The van der Waals surface area contributed by atoms with Gasteiger partial charge in [0.1, 0.15) is 10.7 Å². The number of hydrogen-bond acceptors (Lipinski definition) is 6. The number of unbranched alkanes of at least 4 members (excludes halogenated alkanes) is 1. The lowest BCUT2D eigenvalue weighted by atomic mass is 10.1. The van der Waals surface area contributed by atoms with Gasteiger partial charge in [-0.25, -0.2) is 0 Å². The van der Waals surface area contributed by atoms with Gasteiger partial charge in [0.15, 0.2) is 0 Å². The van der Waals surface area contributed by atoms with Crippen LogP contribution in [0.1, 0.15) is 37.3 Å². The van der Waals surface area contributed by atoms with E-state index < -0.39 is 17.8 Å². The molecule has 10 heteroatoms. The number of thiocarbonyl (C=S) groups is 1. The van der Waals surface area contributed by atoms with E-state index >= 15 is 0 Å². The molecule has 0 heterocycles. The number of rotatable bonds is 12. The van der Waals surface area contributed by atoms with Crippen molar-refractivity contribution in [3.05, 3.63) is 29.3 Å². The van der Waals surface area contributed by atoms with Crippen molar-refractivity contribution in [1.29, 1.82) is 0 Å². The molecule has 0 radical (unpaired) electrons. The summed E-state index contributed by atoms with van der Waals surface area (Å²) in [7, 11) is 0. The smallest absolute Gasteiger partial charge is 0.419 e. The number of alkyl halides is 3. The van der Waals surface area contributed by atoms with Crippen molar-refractivity contribution in [2.45, 2.75) is 38.4 Å². The number of aliphatic hydroxyl groups excluding tert-OH is 1. The van der Waals surface area contributed by atoms with Crippen LogP contribution >= 0.6 is 12.2 Å². The number of hydrogen-bond donors (Lipinski definition) is 3. The number of hydrazone groups is 1. The van der Waals surface area contributed by atoms with E-state index in [-0.39, 0.29) is 29.5 Å². The third-order valence-electron chi connectivity index (χ3n) is 3.48. The van der Waals surface area contributed by atoms with Crippen LogP contribution in [0, 0.1) is 0 Å². The molecule has 1 aromatic carbocycles. The van der Waals surface area contributed by atoms with Crippen molar-refractivity contribution in [2.24, 2.45) is 10.8 Å². The van der Waals surface area contributed by atoms with Crippen LogP contribution in [-0.2, 0) is 10.9 Å². The van der Waals surface area contributed by atoms with E-state index in [0.29, 0.717) is 26.1 Å². The molecule has 0 aromatic heterocycles. The van der Waals surface area contributed by atoms with Crippen LogP contribution in [0.2, 0.25) is 0 Å². The summed E-state index contributed by atoms with van der Waals surface area (Å²) < 4.78 is 50.8. The molecule has 0 bridgehead atoms. The Balaban J connectivity index is 2.72. The van der Waals surface area contributed by atoms with Crippen LogP contribution in [0.25, 0.3) is 0 Å². The van der Waals surface area contributed by atoms with Crippen molar-refractivity contribution in [3.8, 4) is 5.75 Å². The highest BCUT2D eigenvalue weighted by Gasteiger charge is 2.35. The lowest BCUT2D eigenvalue weighted by Crippen LogP contribution is -2.28. The molecule has 158 valence electrons. The minimum atomic E-state index is -4.59. The molecule has 0 spiro atoms. The summed E-state index contributed by atoms with van der Waals surface area (Å²) in [5.74, 6) is -0.251. The quantitative estimate of drug-likeness (QED) is 0.208. The highest BCUT2D eigenvalue weighted by Crippen LogP contribution is 2.37. The van der Waals surface area contributed by atoms with E-state index in [0.717, 1.165) is 12.5 Å². The van der Waals surface area contributed by atoms with Crippen molar-refractivity contribution in [2.75, 3.05) is 26.4 Å². The molecule has 0 fully saturated rings. The van der Waals surface area contributed by atoms with Gasteiger partial charge in [-0.2, -0.15) is 18.3 Å². The number of nitrogens with one attached hydrogen (secondary N) is 1. The summed E-state index contributed by atoms with van der Waals surface area (Å²) in [6, 6.07) is 2.88. The number of nitrogens with two attached hydrogens (primary N) is 1. The molecule has 28 heavy (non-hydrogen) atoms. The van der Waals surface area contributed by atoms with Gasteiger partial charge in [-0.05, 0) is 37.5 Å². The maximum absolute atomic E-state index is 13.4. The number of benzene rings is 1. The summed E-state index contributed by atoms with van der Waals surface area (Å²) >= 11 is 5.04. The number of nitrogens with zero attached hydrogens (tertiary/aromatic N) is 1. The highest BCUT2D eigenvalue weighted by atomic mass is 32.1. The predicted molar refractivity (Wildman–Crippen MR) is 106 cm³/mol. The average molecular weight is 421 g/mol. The molecular weight excluding hydrogens is 395 g/mol. The Morgan fingerprint density at radius 1 is 1.32 bits per heavy atom. The van der Waals surface area contributed by atoms with Gasteiger partial charge in [-0.15, -0.1) is 0 Å². The molecule has 6 nitrogen and oxygen atoms in total. The average Bonchev–Trinajstić information content (AvgIpc) is 2.66. The largest absolute Gasteiger partial charge is 0.493 e. The molecule has 0 saturated carbocycles. The van der Waals surface area contributed by atoms with Gasteiger partial charge < -0.3 is 20.3 Å². The second-order valence-corrected chi connectivity index (χ2v) is 6.35. The lowest BCUT2D eigenvalue weighted by Gasteiger charge is -2.15. The first-order valence-corrected chi connectivity index (χ1v) is 9.32. The molecule has 0 saturated heterocycles. The minimum absolute atomic E-state index is 0.00786. The SMILES string of the molecule is CCCOCCCCOc1ccc(C(=S)N/N=C/C(N)CO)cc1C(F)(F)F. The molecule has 0 aliphatic rings. The zero-order valence-corrected chi connectivity index (χ0v) is 16.5. The van der Waals surface area contributed by atoms with Crippen LogP contribution in [0.4, 0.5) is 13.2 Å². The molecule has 1 aromatic rings. The first-order valence-electron chi connectivity index (χ1n) is 8.91. The maximum Gasteiger partial charge on any atom is 0.419 e. The van der Waals surface area contributed by atoms with Crippen molar-refractivity contribution in [3.63, 3.8) is 0 Å². The Kier molecular flexibility index (Phi) is 11.0. The van der Waals surface area contributed by atoms with E-state index in [9.17, 15) is 13.2 Å². The fourth-order valence-electron chi connectivity index (χ4n) is 2.06. The second kappa shape index (κ2) is 12.7. The summed E-state index contributed by atoms with van der Waals surface area (Å²) in [5, 5.41) is 12.5. The van der Waals surface area contributed by atoms with Gasteiger partial charge in [0.25, 0.3) is 0 Å². The van der Waals surface area contributed by atoms with E-state index in [1.165, 1.54) is 18.3 Å². The highest BCUT2D eigenvalue weighted by molar-refractivity contribution is 7.80. The second-order valence-electron chi connectivity index (χ2n) is 5.94. The third-order valence-corrected chi connectivity index (χ3v) is 3.81. The van der Waals surface area contributed by atoms with Crippen LogP contribution in [0.5, 0.6) is 5.75 Å². The minimum Gasteiger partial charge on any atom is -0.493 e. The monoisotopic (exact) mass is 421 g/mol. The van der Waals surface area contributed by atoms with Gasteiger partial charge in [0, 0.05) is 25.0 Å². The normalized spacial score (nSPS) is 12.9. The summed E-state index contributed by atoms with van der Waals surface area (Å²) in [6.07, 6.45) is -1.16. The van der Waals surface area contributed by atoms with E-state index in [4.69, 9.17) is 32.5 Å². The molecule has 0 aliphatic heterocycles. The Morgan fingerprint density at radius 3 is 2.68 bits per heavy atom. The first-order chi connectivity index (χ1) is 13.3. The molecule has 0 amide bonds. The van der Waals surface area contributed by atoms with Crippen LogP contribution in [-0.4, -0.2) is 48.8 Å². The number of ether oxygens (including phenoxy) is 2. The fraction of sp³-hybridized carbons (Fsp3) is 0.556. The van der Waals surface area contributed by atoms with Crippen molar-refractivity contribution in [1.82, 2.24) is 5.43 Å². The molecule has 1 rings (SSSR count). The topological polar surface area (TPSA) is 89.1 Å². The zero-order chi connectivity index (χ0) is 21.0. The van der Waals surface area contributed by atoms with Gasteiger partial charge in [0.05, 0.1) is 24.8 Å². The number of aliphatic hydroxyl groups is 1. The van der Waals surface area contributed by atoms with E-state index in [1.807, 2.05) is 6.92 Å². The van der Waals surface area contributed by atoms with Crippen LogP contribution in [0.3, 0.4) is 0 Å². The van der Waals surface area contributed by atoms with Crippen molar-refractivity contribution >= 4 is 23.4 Å². The van der Waals surface area contributed by atoms with Gasteiger partial charge in [-0.3, -0.25) is 5.43 Å². The van der Waals surface area contributed by atoms with Crippen LogP contribution in [0.15, 0.2) is 23.3 Å².